The van der Waals surface area contributed by atoms with Gasteiger partial charge in [-0.05, 0) is 71.9 Å². The Labute approximate surface area is 171 Å². The number of hydrogen-bond donors (Lipinski definition) is 3. The van der Waals surface area contributed by atoms with Gasteiger partial charge in [0.05, 0.1) is 23.1 Å². The number of nitrogens with one attached hydrogen (secondary N) is 3. The predicted molar refractivity (Wildman–Crippen MR) is 117 cm³/mol. The number of rotatable bonds is 3. The van der Waals surface area contributed by atoms with Gasteiger partial charge in [-0.2, -0.15) is 16.4 Å². The number of thiophene rings is 1. The second-order valence-electron chi connectivity index (χ2n) is 7.61. The van der Waals surface area contributed by atoms with Gasteiger partial charge in [-0.3, -0.25) is 10.1 Å². The predicted octanol–water partition coefficient (Wildman–Crippen LogP) is 4.70. The van der Waals surface area contributed by atoms with E-state index < -0.39 is 0 Å². The largest absolute Gasteiger partial charge is 0.352 e. The van der Waals surface area contributed by atoms with E-state index in [4.69, 9.17) is 0 Å². The first-order chi connectivity index (χ1) is 14.4. The van der Waals surface area contributed by atoms with Gasteiger partial charge in [0.15, 0.2) is 5.65 Å². The van der Waals surface area contributed by atoms with Gasteiger partial charge in [0.25, 0.3) is 0 Å². The molecule has 6 heterocycles. The quantitative estimate of drug-likeness (QED) is 0.410. The van der Waals surface area contributed by atoms with E-state index in [1.54, 1.807) is 11.3 Å². The molecule has 1 aliphatic heterocycles. The van der Waals surface area contributed by atoms with E-state index in [0.29, 0.717) is 5.92 Å². The van der Waals surface area contributed by atoms with Crippen molar-refractivity contribution in [1.82, 2.24) is 30.5 Å². The summed E-state index contributed by atoms with van der Waals surface area (Å²) in [7, 11) is 0. The number of nitrogens with zero attached hydrogens (tertiary/aromatic N) is 3. The van der Waals surface area contributed by atoms with Crippen molar-refractivity contribution in [1.29, 1.82) is 0 Å². The number of hydrogen-bond acceptors (Lipinski definition) is 5. The van der Waals surface area contributed by atoms with E-state index in [0.717, 1.165) is 59.4 Å². The minimum absolute atomic E-state index is 0.563. The fourth-order valence-electron chi connectivity index (χ4n) is 4.33. The molecule has 3 N–H and O–H groups in total. The molecular formula is C22H20N6S. The first kappa shape index (κ1) is 16.9. The van der Waals surface area contributed by atoms with Gasteiger partial charge >= 0.3 is 0 Å². The van der Waals surface area contributed by atoms with Crippen LogP contribution in [0.25, 0.3) is 44.5 Å². The van der Waals surface area contributed by atoms with Gasteiger partial charge in [0.1, 0.15) is 0 Å². The second kappa shape index (κ2) is 6.79. The smallest absolute Gasteiger partial charge is 0.181 e. The lowest BCUT2D eigenvalue weighted by molar-refractivity contribution is 0.460. The van der Waals surface area contributed by atoms with Crippen LogP contribution in [-0.2, 0) is 0 Å². The molecule has 1 saturated heterocycles. The number of aromatic nitrogens is 5. The molecular weight excluding hydrogens is 380 g/mol. The standard InChI is InChI=1S/C22H20N6S/c1-4-23-5-2-13(1)15-7-17-21(27-28-22(17)25-9-15)19-8-16-18(14-3-6-29-12-14)10-24-11-20(16)26-19/h3,6-13,23,26H,1-2,4-5H2,(H,25,27,28). The minimum Gasteiger partial charge on any atom is -0.352 e. The number of piperidine rings is 1. The molecule has 5 aromatic rings. The summed E-state index contributed by atoms with van der Waals surface area (Å²) in [6.45, 7) is 2.14. The highest BCUT2D eigenvalue weighted by Gasteiger charge is 2.19. The molecule has 0 aliphatic carbocycles. The van der Waals surface area contributed by atoms with Crippen molar-refractivity contribution in [3.05, 3.63) is 53.1 Å². The maximum atomic E-state index is 4.63. The summed E-state index contributed by atoms with van der Waals surface area (Å²) >= 11 is 1.70. The molecule has 1 aliphatic rings. The first-order valence-corrected chi connectivity index (χ1v) is 10.9. The number of fused-ring (bicyclic) bond motifs is 2. The fraction of sp³-hybridized carbons (Fsp3) is 0.227. The van der Waals surface area contributed by atoms with E-state index in [-0.39, 0.29) is 0 Å². The van der Waals surface area contributed by atoms with Crippen LogP contribution in [0.5, 0.6) is 0 Å². The van der Waals surface area contributed by atoms with Crippen LogP contribution in [0.15, 0.2) is 47.5 Å². The molecule has 0 atom stereocenters. The zero-order valence-electron chi connectivity index (χ0n) is 15.8. The summed E-state index contributed by atoms with van der Waals surface area (Å²) in [5, 5.41) is 17.6. The van der Waals surface area contributed by atoms with E-state index in [9.17, 15) is 0 Å². The van der Waals surface area contributed by atoms with Crippen LogP contribution in [0.4, 0.5) is 0 Å². The zero-order chi connectivity index (χ0) is 19.2. The normalized spacial score (nSPS) is 15.4. The molecule has 6 rings (SSSR count). The number of H-pyrrole nitrogens is 2. The van der Waals surface area contributed by atoms with Crippen molar-refractivity contribution in [2.45, 2.75) is 18.8 Å². The fourth-order valence-corrected chi connectivity index (χ4v) is 4.99. The van der Waals surface area contributed by atoms with Crippen molar-refractivity contribution in [3.8, 4) is 22.5 Å². The van der Waals surface area contributed by atoms with Crippen LogP contribution in [-0.4, -0.2) is 38.2 Å². The Morgan fingerprint density at radius 1 is 1.03 bits per heavy atom. The van der Waals surface area contributed by atoms with Gasteiger partial charge in [-0.15, -0.1) is 0 Å². The molecule has 6 nitrogen and oxygen atoms in total. The minimum atomic E-state index is 0.563. The molecule has 7 heteroatoms. The number of aromatic amines is 2. The molecule has 0 radical (unpaired) electrons. The SMILES string of the molecule is c1cc(-c2cncc3[nH]c(-c4[nH]nc5ncc(C6CCNCC6)cc45)cc23)cs1. The number of pyridine rings is 2. The van der Waals surface area contributed by atoms with Crippen molar-refractivity contribution >= 4 is 33.3 Å². The molecule has 0 saturated carbocycles. The molecule has 0 spiro atoms. The molecule has 5 aromatic heterocycles. The second-order valence-corrected chi connectivity index (χ2v) is 8.39. The third kappa shape index (κ3) is 2.85. The van der Waals surface area contributed by atoms with Crippen LogP contribution in [0.1, 0.15) is 24.3 Å². The van der Waals surface area contributed by atoms with E-state index in [2.05, 4.69) is 59.4 Å². The molecule has 144 valence electrons. The Morgan fingerprint density at radius 2 is 1.97 bits per heavy atom. The lowest BCUT2D eigenvalue weighted by atomic mass is 9.91. The van der Waals surface area contributed by atoms with E-state index >= 15 is 0 Å². The summed E-state index contributed by atoms with van der Waals surface area (Å²) in [6, 6.07) is 6.59. The topological polar surface area (TPSA) is 82.3 Å². The molecule has 0 amide bonds. The summed E-state index contributed by atoms with van der Waals surface area (Å²) in [4.78, 5) is 12.6. The maximum absolute atomic E-state index is 4.63. The summed E-state index contributed by atoms with van der Waals surface area (Å²) in [5.74, 6) is 0.563. The third-order valence-corrected chi connectivity index (χ3v) is 6.57. The first-order valence-electron chi connectivity index (χ1n) is 9.91. The molecule has 1 fully saturated rings. The van der Waals surface area contributed by atoms with Gasteiger partial charge in [0, 0.05) is 28.7 Å². The van der Waals surface area contributed by atoms with E-state index in [1.165, 1.54) is 16.5 Å². The molecule has 0 bridgehead atoms. The van der Waals surface area contributed by atoms with Crippen LogP contribution in [0, 0.1) is 0 Å². The average Bonchev–Trinajstić information content (AvgIpc) is 3.52. The van der Waals surface area contributed by atoms with Crippen LogP contribution in [0.2, 0.25) is 0 Å². The third-order valence-electron chi connectivity index (χ3n) is 5.89. The summed E-state index contributed by atoms with van der Waals surface area (Å²) < 4.78 is 0. The molecule has 29 heavy (non-hydrogen) atoms. The lowest BCUT2D eigenvalue weighted by Crippen LogP contribution is -2.26. The molecule has 0 unspecified atom stereocenters. The van der Waals surface area contributed by atoms with Crippen molar-refractivity contribution in [2.24, 2.45) is 0 Å². The highest BCUT2D eigenvalue weighted by Crippen LogP contribution is 2.35. The van der Waals surface area contributed by atoms with Gasteiger partial charge in [-0.25, -0.2) is 4.98 Å². The average molecular weight is 401 g/mol. The Bertz CT molecular complexity index is 1290. The van der Waals surface area contributed by atoms with Crippen LogP contribution >= 0.6 is 11.3 Å². The Morgan fingerprint density at radius 3 is 2.83 bits per heavy atom. The molecule has 0 aromatic carbocycles. The van der Waals surface area contributed by atoms with Crippen LogP contribution in [0.3, 0.4) is 0 Å². The summed E-state index contributed by atoms with van der Waals surface area (Å²) in [5.41, 5.74) is 7.42. The van der Waals surface area contributed by atoms with Crippen molar-refractivity contribution < 1.29 is 0 Å². The van der Waals surface area contributed by atoms with Crippen LogP contribution < -0.4 is 5.32 Å². The maximum Gasteiger partial charge on any atom is 0.181 e. The zero-order valence-corrected chi connectivity index (χ0v) is 16.6. The Balaban J connectivity index is 1.48. The Hall–Kier alpha value is -3.03. The Kier molecular flexibility index (Phi) is 3.95. The monoisotopic (exact) mass is 400 g/mol. The van der Waals surface area contributed by atoms with Gasteiger partial charge in [0.2, 0.25) is 0 Å². The highest BCUT2D eigenvalue weighted by atomic mass is 32.1. The van der Waals surface area contributed by atoms with Gasteiger partial charge < -0.3 is 10.3 Å². The highest BCUT2D eigenvalue weighted by molar-refractivity contribution is 7.08. The van der Waals surface area contributed by atoms with Crippen molar-refractivity contribution in [2.75, 3.05) is 13.1 Å². The summed E-state index contributed by atoms with van der Waals surface area (Å²) in [6.07, 6.45) is 8.12. The lowest BCUT2D eigenvalue weighted by Gasteiger charge is -2.22. The van der Waals surface area contributed by atoms with Gasteiger partial charge in [-0.1, -0.05) is 0 Å². The van der Waals surface area contributed by atoms with Crippen molar-refractivity contribution in [3.63, 3.8) is 0 Å². The van der Waals surface area contributed by atoms with E-state index in [1.807, 2.05) is 18.6 Å².